The van der Waals surface area contributed by atoms with Crippen LogP contribution in [0.25, 0.3) is 0 Å². The molecule has 0 aromatic heterocycles. The average molecular weight is 207 g/mol. The van der Waals surface area contributed by atoms with Crippen LogP contribution >= 0.6 is 0 Å². The Labute approximate surface area is 89.2 Å². The van der Waals surface area contributed by atoms with Crippen molar-refractivity contribution in [3.8, 4) is 17.6 Å². The Kier molecular flexibility index (Phi) is 5.28. The Bertz CT molecular complexity index is 354. The fraction of sp³-hybridized carbons (Fsp3) is 0.333. The number of hydrogen-bond donors (Lipinski definition) is 1. The van der Waals surface area contributed by atoms with E-state index in [1.165, 1.54) is 0 Å². The smallest absolute Gasteiger partial charge is 0.134 e. The monoisotopic (exact) mass is 207 g/mol. The van der Waals surface area contributed by atoms with Crippen LogP contribution in [-0.2, 0) is 0 Å². The van der Waals surface area contributed by atoms with Crippen LogP contribution in [0.15, 0.2) is 24.3 Å². The third kappa shape index (κ3) is 4.01. The first-order chi connectivity index (χ1) is 7.38. The van der Waals surface area contributed by atoms with Gasteiger partial charge in [0, 0.05) is 6.42 Å². The molecule has 0 spiro atoms. The van der Waals surface area contributed by atoms with Gasteiger partial charge in [0.1, 0.15) is 5.75 Å². The van der Waals surface area contributed by atoms with E-state index in [0.717, 1.165) is 5.56 Å². The number of hydrogen-bond acceptors (Lipinski definition) is 2. The quantitative estimate of drug-likeness (QED) is 0.603. The van der Waals surface area contributed by atoms with E-state index in [1.807, 2.05) is 24.3 Å². The Morgan fingerprint density at radius 1 is 1.33 bits per heavy atom. The molecule has 0 saturated heterocycles. The maximum Gasteiger partial charge on any atom is 0.134 e. The van der Waals surface area contributed by atoms with Gasteiger partial charge < -0.3 is 10.5 Å². The van der Waals surface area contributed by atoms with E-state index in [0.29, 0.717) is 25.3 Å². The van der Waals surface area contributed by atoms with Crippen LogP contribution in [0.3, 0.4) is 0 Å². The molecule has 0 radical (unpaired) electrons. The van der Waals surface area contributed by atoms with Crippen LogP contribution in [-0.4, -0.2) is 19.8 Å². The Morgan fingerprint density at radius 2 is 2.13 bits per heavy atom. The summed E-state index contributed by atoms with van der Waals surface area (Å²) in [6.07, 6.45) is 0.401. The first-order valence-corrected chi connectivity index (χ1v) is 4.85. The highest BCUT2D eigenvalue weighted by Crippen LogP contribution is 2.16. The van der Waals surface area contributed by atoms with E-state index < -0.39 is 0 Å². The first kappa shape index (κ1) is 11.5. The second kappa shape index (κ2) is 6.86. The lowest BCUT2D eigenvalue weighted by atomic mass is 10.2. The number of alkyl halides is 1. The third-order valence-electron chi connectivity index (χ3n) is 1.75. The molecule has 1 aromatic rings. The molecule has 3 heteroatoms. The van der Waals surface area contributed by atoms with Crippen LogP contribution in [0.4, 0.5) is 4.39 Å². The van der Waals surface area contributed by atoms with Gasteiger partial charge in [-0.05, 0) is 12.1 Å². The summed E-state index contributed by atoms with van der Waals surface area (Å²) in [7, 11) is 0. The van der Waals surface area contributed by atoms with Crippen LogP contribution in [0.1, 0.15) is 12.0 Å². The van der Waals surface area contributed by atoms with E-state index >= 15 is 0 Å². The predicted octanol–water partition coefficient (Wildman–Crippen LogP) is 1.74. The van der Waals surface area contributed by atoms with Crippen molar-refractivity contribution in [2.24, 2.45) is 5.73 Å². The molecule has 0 atom stereocenters. The zero-order valence-corrected chi connectivity index (χ0v) is 8.50. The SMILES string of the molecule is NCC#Cc1ccccc1OCCCF. The second-order valence-corrected chi connectivity index (χ2v) is 2.89. The number of benzene rings is 1. The van der Waals surface area contributed by atoms with Gasteiger partial charge in [0.05, 0.1) is 25.4 Å². The van der Waals surface area contributed by atoms with Gasteiger partial charge in [-0.1, -0.05) is 24.0 Å². The van der Waals surface area contributed by atoms with Crippen LogP contribution in [0.2, 0.25) is 0 Å². The standard InChI is InChI=1S/C12H14FNO/c13-8-4-10-15-12-7-2-1-5-11(12)6-3-9-14/h1-2,5,7H,4,8-10,14H2. The summed E-state index contributed by atoms with van der Waals surface area (Å²) in [5.74, 6) is 6.35. The van der Waals surface area contributed by atoms with Gasteiger partial charge in [-0.25, -0.2) is 0 Å². The van der Waals surface area contributed by atoms with Gasteiger partial charge in [0.15, 0.2) is 0 Å². The third-order valence-corrected chi connectivity index (χ3v) is 1.75. The summed E-state index contributed by atoms with van der Waals surface area (Å²) in [5.41, 5.74) is 6.08. The minimum absolute atomic E-state index is 0.318. The number of halogens is 1. The number of rotatable bonds is 4. The Morgan fingerprint density at radius 3 is 2.87 bits per heavy atom. The molecule has 0 amide bonds. The lowest BCUT2D eigenvalue weighted by Gasteiger charge is -2.06. The molecule has 1 aromatic carbocycles. The van der Waals surface area contributed by atoms with E-state index in [1.54, 1.807) is 0 Å². The average Bonchev–Trinajstić information content (AvgIpc) is 2.28. The highest BCUT2D eigenvalue weighted by atomic mass is 19.1. The molecule has 15 heavy (non-hydrogen) atoms. The molecule has 0 saturated carbocycles. The molecule has 0 fully saturated rings. The summed E-state index contributed by atoms with van der Waals surface area (Å²) >= 11 is 0. The first-order valence-electron chi connectivity index (χ1n) is 4.85. The lowest BCUT2D eigenvalue weighted by molar-refractivity contribution is 0.289. The van der Waals surface area contributed by atoms with Crippen molar-refractivity contribution in [2.75, 3.05) is 19.8 Å². The maximum atomic E-state index is 11.9. The van der Waals surface area contributed by atoms with E-state index in [-0.39, 0.29) is 6.67 Å². The normalized spacial score (nSPS) is 9.20. The van der Waals surface area contributed by atoms with Crippen molar-refractivity contribution in [3.63, 3.8) is 0 Å². The van der Waals surface area contributed by atoms with Gasteiger partial charge in [0.25, 0.3) is 0 Å². The van der Waals surface area contributed by atoms with E-state index in [4.69, 9.17) is 10.5 Å². The number of ether oxygens (including phenoxy) is 1. The molecule has 1 rings (SSSR count). The van der Waals surface area contributed by atoms with Gasteiger partial charge in [0.2, 0.25) is 0 Å². The highest BCUT2D eigenvalue weighted by molar-refractivity contribution is 5.45. The molecular weight excluding hydrogens is 193 g/mol. The fourth-order valence-electron chi connectivity index (χ4n) is 1.08. The molecule has 0 aliphatic carbocycles. The van der Waals surface area contributed by atoms with Crippen LogP contribution in [0.5, 0.6) is 5.75 Å². The van der Waals surface area contributed by atoms with Gasteiger partial charge in [-0.15, -0.1) is 0 Å². The Balaban J connectivity index is 2.68. The summed E-state index contributed by atoms with van der Waals surface area (Å²) in [4.78, 5) is 0. The number of nitrogens with two attached hydrogens (primary N) is 1. The van der Waals surface area contributed by atoms with Crippen molar-refractivity contribution in [1.82, 2.24) is 0 Å². The molecule has 2 nitrogen and oxygen atoms in total. The van der Waals surface area contributed by atoms with Crippen molar-refractivity contribution in [3.05, 3.63) is 29.8 Å². The van der Waals surface area contributed by atoms with Crippen LogP contribution in [0, 0.1) is 11.8 Å². The summed E-state index contributed by atoms with van der Waals surface area (Å²) in [6.45, 7) is 0.327. The highest BCUT2D eigenvalue weighted by Gasteiger charge is 1.98. The second-order valence-electron chi connectivity index (χ2n) is 2.89. The molecule has 0 unspecified atom stereocenters. The van der Waals surface area contributed by atoms with Gasteiger partial charge in [-0.3, -0.25) is 4.39 Å². The summed E-state index contributed by atoms with van der Waals surface area (Å²) in [5, 5.41) is 0. The maximum absolute atomic E-state index is 11.9. The zero-order chi connectivity index (χ0) is 10.9. The molecule has 80 valence electrons. The minimum atomic E-state index is -0.364. The van der Waals surface area contributed by atoms with Crippen LogP contribution < -0.4 is 10.5 Å². The minimum Gasteiger partial charge on any atom is -0.492 e. The van der Waals surface area contributed by atoms with Crippen molar-refractivity contribution >= 4 is 0 Å². The molecule has 0 aliphatic heterocycles. The molecule has 2 N–H and O–H groups in total. The molecule has 0 heterocycles. The fourth-order valence-corrected chi connectivity index (χ4v) is 1.08. The van der Waals surface area contributed by atoms with Crippen molar-refractivity contribution < 1.29 is 9.13 Å². The molecule has 0 bridgehead atoms. The largest absolute Gasteiger partial charge is 0.492 e. The molecule has 0 aliphatic rings. The van der Waals surface area contributed by atoms with Gasteiger partial charge in [-0.2, -0.15) is 0 Å². The van der Waals surface area contributed by atoms with E-state index in [9.17, 15) is 4.39 Å². The van der Waals surface area contributed by atoms with E-state index in [2.05, 4.69) is 11.8 Å². The lowest BCUT2D eigenvalue weighted by Crippen LogP contribution is -2.00. The number of para-hydroxylation sites is 1. The topological polar surface area (TPSA) is 35.2 Å². The summed E-state index contributed by atoms with van der Waals surface area (Å²) in [6, 6.07) is 7.41. The zero-order valence-electron chi connectivity index (χ0n) is 8.50. The summed E-state index contributed by atoms with van der Waals surface area (Å²) < 4.78 is 17.3. The predicted molar refractivity (Wildman–Crippen MR) is 58.5 cm³/mol. The van der Waals surface area contributed by atoms with Crippen molar-refractivity contribution in [1.29, 1.82) is 0 Å². The molecular formula is C12H14FNO. The van der Waals surface area contributed by atoms with Gasteiger partial charge >= 0.3 is 0 Å². The van der Waals surface area contributed by atoms with Crippen molar-refractivity contribution in [2.45, 2.75) is 6.42 Å². The Hall–Kier alpha value is -1.53.